The van der Waals surface area contributed by atoms with Gasteiger partial charge in [-0.25, -0.2) is 8.78 Å². The molecule has 61 heavy (non-hydrogen) atoms. The first-order valence-corrected chi connectivity index (χ1v) is 23.9. The van der Waals surface area contributed by atoms with Gasteiger partial charge in [0.2, 0.25) is 0 Å². The summed E-state index contributed by atoms with van der Waals surface area (Å²) in [6, 6.07) is 30.6. The van der Waals surface area contributed by atoms with Gasteiger partial charge in [0.15, 0.2) is 5.82 Å². The van der Waals surface area contributed by atoms with Gasteiger partial charge in [-0.1, -0.05) is 113 Å². The molecule has 318 valence electrons. The lowest BCUT2D eigenvalue weighted by Crippen LogP contribution is -2.67. The molecular weight excluding hydrogens is 785 g/mol. The molecule has 0 spiro atoms. The molecule has 3 fully saturated rings. The quantitative estimate of drug-likeness (QED) is 0.130. The number of nitrogens with zero attached hydrogens (tertiary/aromatic N) is 5. The van der Waals surface area contributed by atoms with Gasteiger partial charge in [0.25, 0.3) is 8.32 Å². The third-order valence-electron chi connectivity index (χ3n) is 13.7. The normalized spacial score (nSPS) is 22.3. The smallest absolute Gasteiger partial charge is 0.319 e. The van der Waals surface area contributed by atoms with Crippen LogP contribution in [0.5, 0.6) is 6.01 Å². The van der Waals surface area contributed by atoms with Crippen molar-refractivity contribution in [3.05, 3.63) is 114 Å². The van der Waals surface area contributed by atoms with Gasteiger partial charge >= 0.3 is 6.01 Å². The molecule has 11 heteroatoms. The molecule has 3 aliphatic rings. The van der Waals surface area contributed by atoms with Crippen molar-refractivity contribution in [2.45, 2.75) is 102 Å². The number of anilines is 1. The van der Waals surface area contributed by atoms with Gasteiger partial charge in [-0.15, -0.1) is 0 Å². The fourth-order valence-corrected chi connectivity index (χ4v) is 15.5. The number of ether oxygens (including phenoxy) is 1. The number of hydrogen-bond acceptors (Lipinski definition) is 8. The highest BCUT2D eigenvalue weighted by Gasteiger charge is 2.54. The third kappa shape index (κ3) is 7.41. The first-order valence-electron chi connectivity index (χ1n) is 22.0. The van der Waals surface area contributed by atoms with Crippen molar-refractivity contribution in [1.82, 2.24) is 19.9 Å². The number of fused-ring (bicyclic) bond motifs is 3. The minimum Gasteiger partial charge on any atom is -0.461 e. The van der Waals surface area contributed by atoms with Crippen molar-refractivity contribution in [2.24, 2.45) is 0 Å². The average molecular weight is 842 g/mol. The maximum Gasteiger partial charge on any atom is 0.319 e. The van der Waals surface area contributed by atoms with E-state index >= 15 is 8.78 Å². The molecule has 0 radical (unpaired) electrons. The third-order valence-corrected chi connectivity index (χ3v) is 18.7. The topological polar surface area (TPSA) is 83.8 Å². The number of piperidine rings is 1. The van der Waals surface area contributed by atoms with Gasteiger partial charge in [0, 0.05) is 30.9 Å². The Kier molecular flexibility index (Phi) is 11.0. The number of aromatic nitrogens is 3. The molecule has 8 nitrogen and oxygen atoms in total. The van der Waals surface area contributed by atoms with Crippen molar-refractivity contribution >= 4 is 46.2 Å². The van der Waals surface area contributed by atoms with Crippen LogP contribution < -0.4 is 20.0 Å². The van der Waals surface area contributed by atoms with Crippen LogP contribution in [0.15, 0.2) is 97.2 Å². The van der Waals surface area contributed by atoms with Gasteiger partial charge in [0.05, 0.1) is 23.1 Å². The zero-order chi connectivity index (χ0) is 42.6. The second-order valence-electron chi connectivity index (χ2n) is 18.8. The first-order chi connectivity index (χ1) is 29.3. The van der Waals surface area contributed by atoms with Crippen LogP contribution in [-0.4, -0.2) is 83.3 Å². The Bertz CT molecular complexity index is 2510. The molecule has 9 rings (SSSR count). The summed E-state index contributed by atoms with van der Waals surface area (Å²) in [5.41, 5.74) is 0.0347. The Morgan fingerprint density at radius 2 is 1.59 bits per heavy atom. The highest BCUT2D eigenvalue weighted by molar-refractivity contribution is 6.99. The predicted octanol–water partition coefficient (Wildman–Crippen LogP) is 8.99. The summed E-state index contributed by atoms with van der Waals surface area (Å²) in [6.07, 6.45) is 7.40. The van der Waals surface area contributed by atoms with Crippen LogP contribution in [0.2, 0.25) is 5.04 Å². The monoisotopic (exact) mass is 841 g/mol. The average Bonchev–Trinajstić information content (AvgIpc) is 3.82. The van der Waals surface area contributed by atoms with E-state index in [9.17, 15) is 5.11 Å². The first kappa shape index (κ1) is 41.5. The van der Waals surface area contributed by atoms with Gasteiger partial charge in [-0.3, -0.25) is 9.88 Å². The molecule has 0 unspecified atom stereocenters. The lowest BCUT2D eigenvalue weighted by molar-refractivity contribution is 0.0446. The number of hydrogen-bond donors (Lipinski definition) is 1. The number of rotatable bonds is 11. The highest BCUT2D eigenvalue weighted by atomic mass is 28.4. The van der Waals surface area contributed by atoms with E-state index in [0.29, 0.717) is 66.9 Å². The van der Waals surface area contributed by atoms with Crippen molar-refractivity contribution < 1.29 is 23.1 Å². The number of aryl methyl sites for hydroxylation is 1. The summed E-state index contributed by atoms with van der Waals surface area (Å²) in [7, 11) is -2.73. The van der Waals surface area contributed by atoms with E-state index in [-0.39, 0.29) is 39.7 Å². The lowest BCUT2D eigenvalue weighted by atomic mass is 9.94. The SMILES string of the molecule is CCc1c(F)ccc2cccc(-c3ncc4c(N5CCC[C@@](C)(O)C5)nc(OC[C@@]56CCCN5[C@H](CO[Si](c5ccccc5)(c5ccccc5)C(C)(C)C)CC6)nc4c3F)c12. The molecule has 5 heterocycles. The summed E-state index contributed by atoms with van der Waals surface area (Å²) >= 11 is 0. The Hall–Kier alpha value is -4.81. The summed E-state index contributed by atoms with van der Waals surface area (Å²) in [5, 5.41) is 15.5. The minimum absolute atomic E-state index is 0.0884. The summed E-state index contributed by atoms with van der Waals surface area (Å²) < 4.78 is 46.5. The Morgan fingerprint density at radius 3 is 2.28 bits per heavy atom. The Morgan fingerprint density at radius 1 is 0.869 bits per heavy atom. The van der Waals surface area contributed by atoms with Crippen LogP contribution in [-0.2, 0) is 10.8 Å². The molecule has 3 saturated heterocycles. The van der Waals surface area contributed by atoms with Crippen LogP contribution in [0.3, 0.4) is 0 Å². The van der Waals surface area contributed by atoms with Crippen LogP contribution in [0.1, 0.15) is 78.7 Å². The van der Waals surface area contributed by atoms with Crippen LogP contribution >= 0.6 is 0 Å². The fraction of sp³-hybridized carbons (Fsp3) is 0.420. The van der Waals surface area contributed by atoms with Crippen LogP contribution in [0.25, 0.3) is 32.9 Å². The van der Waals surface area contributed by atoms with Crippen molar-refractivity contribution in [1.29, 1.82) is 0 Å². The van der Waals surface area contributed by atoms with E-state index in [2.05, 4.69) is 91.3 Å². The van der Waals surface area contributed by atoms with E-state index in [1.165, 1.54) is 16.4 Å². The number of pyridine rings is 1. The van der Waals surface area contributed by atoms with E-state index in [0.717, 1.165) is 44.0 Å². The minimum atomic E-state index is -2.73. The van der Waals surface area contributed by atoms with E-state index in [4.69, 9.17) is 19.1 Å². The van der Waals surface area contributed by atoms with E-state index in [1.807, 2.05) is 30.9 Å². The molecule has 3 atom stereocenters. The number of benzene rings is 4. The molecule has 0 bridgehead atoms. The molecular formula is C50H57F2N5O3Si. The van der Waals surface area contributed by atoms with Crippen LogP contribution in [0.4, 0.5) is 14.6 Å². The predicted molar refractivity (Wildman–Crippen MR) is 242 cm³/mol. The van der Waals surface area contributed by atoms with E-state index < -0.39 is 19.7 Å². The summed E-state index contributed by atoms with van der Waals surface area (Å²) in [6.45, 7) is 13.5. The highest BCUT2D eigenvalue weighted by Crippen LogP contribution is 2.45. The molecule has 0 saturated carbocycles. The van der Waals surface area contributed by atoms with Crippen molar-refractivity contribution in [2.75, 3.05) is 37.7 Å². The largest absolute Gasteiger partial charge is 0.461 e. The van der Waals surface area contributed by atoms with Gasteiger partial charge < -0.3 is 19.2 Å². The van der Waals surface area contributed by atoms with Gasteiger partial charge in [-0.05, 0) is 96.2 Å². The van der Waals surface area contributed by atoms with E-state index in [1.54, 1.807) is 18.3 Å². The molecule has 0 aliphatic carbocycles. The van der Waals surface area contributed by atoms with Crippen LogP contribution in [0, 0.1) is 11.6 Å². The molecule has 4 aromatic carbocycles. The number of halogens is 2. The zero-order valence-electron chi connectivity index (χ0n) is 36.1. The number of β-amino-alcohol motifs (C(OH)–C–C–N with tert-alkyl or cyclic N) is 1. The Balaban J connectivity index is 1.05. The maximum absolute atomic E-state index is 17.2. The van der Waals surface area contributed by atoms with Gasteiger partial charge in [-0.2, -0.15) is 9.97 Å². The zero-order valence-corrected chi connectivity index (χ0v) is 37.1. The summed E-state index contributed by atoms with van der Waals surface area (Å²) in [4.78, 5) is 19.0. The molecule has 3 aliphatic heterocycles. The van der Waals surface area contributed by atoms with Crippen molar-refractivity contribution in [3.8, 4) is 17.3 Å². The Labute approximate surface area is 359 Å². The maximum atomic E-state index is 17.2. The lowest BCUT2D eigenvalue weighted by Gasteiger charge is -2.44. The second kappa shape index (κ2) is 16.1. The van der Waals surface area contributed by atoms with Crippen molar-refractivity contribution in [3.63, 3.8) is 0 Å². The number of aliphatic hydroxyl groups is 1. The standard InChI is InChI=1S/C50H57F2N5O3Si/c1-6-38-41(51)23-22-34-16-13-21-39(42(34)38)44-43(52)45-40(30-53-44)46(56-28-14-25-49(5,58)32-56)55-47(54-45)59-33-50-26-15-29-57(50)35(24-27-50)31-60-61(48(2,3)4,36-17-9-7-10-18-36)37-19-11-8-12-20-37/h7-13,16-23,30,35,58H,6,14-15,24-29,31-33H2,1-5H3/t35-,49+,50-/m0/s1. The second-order valence-corrected chi connectivity index (χ2v) is 23.1. The summed E-state index contributed by atoms with van der Waals surface area (Å²) in [5.74, 6) is -0.458. The molecule has 0 amide bonds. The molecule has 1 N–H and O–H groups in total. The molecule has 6 aromatic rings. The molecule has 2 aromatic heterocycles. The fourth-order valence-electron chi connectivity index (χ4n) is 10.9. The van der Waals surface area contributed by atoms with Gasteiger partial charge in [0.1, 0.15) is 29.5 Å².